The van der Waals surface area contributed by atoms with Crippen LogP contribution in [-0.2, 0) is 28.4 Å². The number of rotatable bonds is 8. The molecule has 51 heavy (non-hydrogen) atoms. The third kappa shape index (κ3) is 6.64. The molecule has 1 saturated heterocycles. The summed E-state index contributed by atoms with van der Waals surface area (Å²) < 4.78 is 98.5. The van der Waals surface area contributed by atoms with E-state index in [2.05, 4.69) is 4.98 Å². The predicted octanol–water partition coefficient (Wildman–Crippen LogP) is 8.24. The number of aryl methyl sites for hydroxylation is 1. The van der Waals surface area contributed by atoms with Gasteiger partial charge in [0.2, 0.25) is 5.95 Å². The first-order valence-electron chi connectivity index (χ1n) is 15.7. The highest BCUT2D eigenvalue weighted by Crippen LogP contribution is 2.58. The number of alkyl halides is 6. The molecule has 2 fully saturated rings. The van der Waals surface area contributed by atoms with Crippen LogP contribution >= 0.6 is 0 Å². The molecule has 15 heteroatoms. The second-order valence-electron chi connectivity index (χ2n) is 12.7. The van der Waals surface area contributed by atoms with E-state index in [0.717, 1.165) is 16.7 Å². The number of anilines is 1. The lowest BCUT2D eigenvalue weighted by atomic mass is 9.93. The van der Waals surface area contributed by atoms with Crippen molar-refractivity contribution in [3.05, 3.63) is 94.3 Å². The van der Waals surface area contributed by atoms with Gasteiger partial charge in [0.25, 0.3) is 0 Å². The number of carbonyl (C=O) groups excluding carboxylic acids is 2. The highest BCUT2D eigenvalue weighted by molar-refractivity contribution is 5.91. The smallest absolute Gasteiger partial charge is 0.416 e. The van der Waals surface area contributed by atoms with Crippen LogP contribution in [0.4, 0.5) is 37.1 Å². The number of halogens is 6. The first-order chi connectivity index (χ1) is 24.0. The second kappa shape index (κ2) is 12.8. The van der Waals surface area contributed by atoms with Gasteiger partial charge in [0.15, 0.2) is 6.10 Å². The molecule has 1 aliphatic carbocycles. The molecule has 4 aromatic rings. The van der Waals surface area contributed by atoms with E-state index in [1.54, 1.807) is 49.5 Å². The lowest BCUT2D eigenvalue weighted by Crippen LogP contribution is -2.36. The van der Waals surface area contributed by atoms with Crippen molar-refractivity contribution in [1.29, 1.82) is 0 Å². The van der Waals surface area contributed by atoms with Crippen LogP contribution in [0.2, 0.25) is 0 Å². The van der Waals surface area contributed by atoms with Crippen molar-refractivity contribution >= 4 is 18.0 Å². The van der Waals surface area contributed by atoms with E-state index in [1.165, 1.54) is 19.1 Å². The molecule has 1 unspecified atom stereocenters. The van der Waals surface area contributed by atoms with Gasteiger partial charge in [-0.1, -0.05) is 12.1 Å². The van der Waals surface area contributed by atoms with Crippen LogP contribution in [-0.4, -0.2) is 60.8 Å². The zero-order chi connectivity index (χ0) is 37.0. The molecule has 1 spiro atoms. The largest absolute Gasteiger partial charge is 0.496 e. The van der Waals surface area contributed by atoms with Gasteiger partial charge in [-0.05, 0) is 84.5 Å². The number of nitrogens with zero attached hydrogens (tertiary/aromatic N) is 4. The minimum absolute atomic E-state index is 0.0457. The molecule has 3 aromatic carbocycles. The molecule has 2 heterocycles. The number of carbonyl (C=O) groups is 2. The fourth-order valence-corrected chi connectivity index (χ4v) is 6.42. The van der Waals surface area contributed by atoms with Crippen LogP contribution in [0.1, 0.15) is 57.3 Å². The Bertz CT molecular complexity index is 1990. The Morgan fingerprint density at radius 2 is 1.61 bits per heavy atom. The van der Waals surface area contributed by atoms with Gasteiger partial charge < -0.3 is 19.1 Å². The number of hydrogen-bond donors (Lipinski definition) is 0. The second-order valence-corrected chi connectivity index (χ2v) is 12.7. The summed E-state index contributed by atoms with van der Waals surface area (Å²) in [7, 11) is 6.21. The van der Waals surface area contributed by atoms with Gasteiger partial charge in [-0.25, -0.2) is 19.6 Å². The van der Waals surface area contributed by atoms with E-state index in [9.17, 15) is 35.9 Å². The molecule has 1 aromatic heterocycles. The van der Waals surface area contributed by atoms with Crippen molar-refractivity contribution in [2.45, 2.75) is 50.3 Å². The fourth-order valence-electron chi connectivity index (χ4n) is 6.42. The van der Waals surface area contributed by atoms with Gasteiger partial charge >= 0.3 is 24.4 Å². The average molecular weight is 715 g/mol. The Balaban J connectivity index is 1.42. The number of amides is 1. The Morgan fingerprint density at radius 1 is 0.941 bits per heavy atom. The Morgan fingerprint density at radius 3 is 2.16 bits per heavy atom. The van der Waals surface area contributed by atoms with Crippen LogP contribution < -0.4 is 9.64 Å². The molecule has 1 saturated carbocycles. The maximum absolute atomic E-state index is 13.7. The van der Waals surface area contributed by atoms with E-state index in [1.807, 2.05) is 19.1 Å². The van der Waals surface area contributed by atoms with Crippen LogP contribution in [0.3, 0.4) is 0 Å². The maximum atomic E-state index is 13.7. The molecule has 1 amide bonds. The number of esters is 1. The normalized spacial score (nSPS) is 16.6. The van der Waals surface area contributed by atoms with E-state index in [-0.39, 0.29) is 25.5 Å². The van der Waals surface area contributed by atoms with Gasteiger partial charge in [0.05, 0.1) is 48.7 Å². The lowest BCUT2D eigenvalue weighted by Gasteiger charge is -2.26. The number of methoxy groups -OCH3 is 2. The summed E-state index contributed by atoms with van der Waals surface area (Å²) in [5, 5.41) is 0. The van der Waals surface area contributed by atoms with Gasteiger partial charge in [-0.3, -0.25) is 4.90 Å². The van der Waals surface area contributed by atoms with Crippen molar-refractivity contribution in [3.63, 3.8) is 0 Å². The molecular weight excluding hydrogens is 682 g/mol. The summed E-state index contributed by atoms with van der Waals surface area (Å²) in [6, 6.07) is 11.8. The number of ether oxygens (including phenoxy) is 3. The molecule has 0 bridgehead atoms. The first-order valence-corrected chi connectivity index (χ1v) is 15.7. The quantitative estimate of drug-likeness (QED) is 0.133. The van der Waals surface area contributed by atoms with Gasteiger partial charge in [-0.2, -0.15) is 26.3 Å². The third-order valence-corrected chi connectivity index (χ3v) is 9.15. The number of cyclic esters (lactones) is 1. The van der Waals surface area contributed by atoms with E-state index in [4.69, 9.17) is 19.2 Å². The maximum Gasteiger partial charge on any atom is 0.416 e. The topological polar surface area (TPSA) is 94.1 Å². The molecule has 0 radical (unpaired) electrons. The van der Waals surface area contributed by atoms with Crippen LogP contribution in [0, 0.1) is 6.92 Å². The van der Waals surface area contributed by atoms with Gasteiger partial charge in [0, 0.05) is 31.4 Å². The molecule has 6 rings (SSSR count). The van der Waals surface area contributed by atoms with Gasteiger partial charge in [0.1, 0.15) is 5.75 Å². The van der Waals surface area contributed by atoms with E-state index < -0.39 is 52.7 Å². The Labute approximate surface area is 288 Å². The molecular formula is C36H32F6N4O5. The number of hydrogen-bond acceptors (Lipinski definition) is 8. The first kappa shape index (κ1) is 35.5. The highest BCUT2D eigenvalue weighted by atomic mass is 19.4. The number of aromatic nitrogens is 2. The summed E-state index contributed by atoms with van der Waals surface area (Å²) >= 11 is 0. The minimum Gasteiger partial charge on any atom is -0.496 e. The Kier molecular flexibility index (Phi) is 8.88. The molecule has 268 valence electrons. The van der Waals surface area contributed by atoms with Crippen molar-refractivity contribution in [3.8, 4) is 28.0 Å². The SMILES string of the molecule is COC(=O)c1ccc(-c2ccc(OC)c(-c3cnc(N(C)C)nc3CN3C(=O)OC(c4cc(C(F)(F)F)cc(C(F)(F)F)c4)C34CC4)c2)c(C)c1. The van der Waals surface area contributed by atoms with Crippen LogP contribution in [0.25, 0.3) is 22.3 Å². The molecule has 2 aliphatic rings. The predicted molar refractivity (Wildman–Crippen MR) is 173 cm³/mol. The standard InChI is InChI=1S/C36H32F6N4O5/c1-19-12-21(31(47)50-5)6-8-25(19)20-7-9-29(49-4)26(15-20)27-17-43-32(45(2)3)44-28(27)18-46-33(48)51-30(34(46)10-11-34)22-13-23(35(37,38)39)16-24(14-22)36(40,41)42/h6-9,12-17,30H,10-11,18H2,1-5H3. The van der Waals surface area contributed by atoms with E-state index in [0.29, 0.717) is 46.2 Å². The zero-order valence-electron chi connectivity index (χ0n) is 28.1. The van der Waals surface area contributed by atoms with E-state index >= 15 is 0 Å². The third-order valence-electron chi connectivity index (χ3n) is 9.15. The summed E-state index contributed by atoms with van der Waals surface area (Å²) in [6.45, 7) is 1.65. The fraction of sp³-hybridized carbons (Fsp3) is 0.333. The van der Waals surface area contributed by atoms with Crippen molar-refractivity contribution in [2.24, 2.45) is 0 Å². The summed E-state index contributed by atoms with van der Waals surface area (Å²) in [4.78, 5) is 37.8. The summed E-state index contributed by atoms with van der Waals surface area (Å²) in [5.74, 6) is 0.254. The monoisotopic (exact) mass is 714 g/mol. The average Bonchev–Trinajstić information content (AvgIpc) is 3.84. The zero-order valence-corrected chi connectivity index (χ0v) is 28.1. The summed E-state index contributed by atoms with van der Waals surface area (Å²) in [5.41, 5.74) is -0.493. The van der Waals surface area contributed by atoms with Crippen LogP contribution in [0.5, 0.6) is 5.75 Å². The van der Waals surface area contributed by atoms with Crippen LogP contribution in [0.15, 0.2) is 60.8 Å². The molecule has 0 N–H and O–H groups in total. The van der Waals surface area contributed by atoms with Gasteiger partial charge in [-0.15, -0.1) is 0 Å². The molecule has 9 nitrogen and oxygen atoms in total. The van der Waals surface area contributed by atoms with Crippen molar-refractivity contribution in [1.82, 2.24) is 14.9 Å². The molecule has 1 aliphatic heterocycles. The number of benzene rings is 3. The summed E-state index contributed by atoms with van der Waals surface area (Å²) in [6.07, 6.45) is -10.3. The molecule has 1 atom stereocenters. The minimum atomic E-state index is -5.07. The highest BCUT2D eigenvalue weighted by Gasteiger charge is 2.63. The lowest BCUT2D eigenvalue weighted by molar-refractivity contribution is -0.143. The van der Waals surface area contributed by atoms with Crippen molar-refractivity contribution < 1.29 is 50.1 Å². The van der Waals surface area contributed by atoms with Crippen molar-refractivity contribution in [2.75, 3.05) is 33.2 Å². The Hall–Kier alpha value is -5.34.